The van der Waals surface area contributed by atoms with E-state index in [0.717, 1.165) is 17.8 Å². The Morgan fingerprint density at radius 2 is 1.86 bits per heavy atom. The van der Waals surface area contributed by atoms with E-state index < -0.39 is 0 Å². The van der Waals surface area contributed by atoms with Crippen molar-refractivity contribution in [1.29, 1.82) is 5.26 Å². The van der Waals surface area contributed by atoms with E-state index in [1.807, 2.05) is 0 Å². The van der Waals surface area contributed by atoms with E-state index in [1.54, 1.807) is 4.68 Å². The fraction of sp³-hybridized carbons (Fsp3) is 0.471. The molecular formula is C17H22N4. The third-order valence-corrected chi connectivity index (χ3v) is 3.49. The second-order valence-electron chi connectivity index (χ2n) is 6.33. The Morgan fingerprint density at radius 1 is 1.19 bits per heavy atom. The Bertz CT molecular complexity index is 639. The van der Waals surface area contributed by atoms with Crippen LogP contribution in [0.3, 0.4) is 0 Å². The summed E-state index contributed by atoms with van der Waals surface area (Å²) >= 11 is 0. The van der Waals surface area contributed by atoms with E-state index in [4.69, 9.17) is 0 Å². The summed E-state index contributed by atoms with van der Waals surface area (Å²) in [5.41, 5.74) is 3.35. The predicted octanol–water partition coefficient (Wildman–Crippen LogP) is 3.78. The van der Waals surface area contributed by atoms with Gasteiger partial charge < -0.3 is 0 Å². The zero-order valence-corrected chi connectivity index (χ0v) is 13.2. The van der Waals surface area contributed by atoms with Gasteiger partial charge in [-0.2, -0.15) is 5.26 Å². The predicted molar refractivity (Wildman–Crippen MR) is 83.4 cm³/mol. The van der Waals surface area contributed by atoms with Gasteiger partial charge in [-0.3, -0.25) is 0 Å². The first-order valence-electron chi connectivity index (χ1n) is 7.43. The molecule has 21 heavy (non-hydrogen) atoms. The third kappa shape index (κ3) is 3.30. The lowest BCUT2D eigenvalue weighted by Crippen LogP contribution is -2.19. The average Bonchev–Trinajstić information content (AvgIpc) is 2.89. The number of rotatable bonds is 4. The van der Waals surface area contributed by atoms with E-state index in [0.29, 0.717) is 5.69 Å². The SMILES string of the molecule is CCCCc1ccc(-n2nnc(C#N)c2C(C)(C)C)cc1. The quantitative estimate of drug-likeness (QED) is 0.857. The standard InChI is InChI=1S/C17H22N4/c1-5-6-7-13-8-10-14(11-9-13)21-16(17(2,3)4)15(12-18)19-20-21/h8-11H,5-7H2,1-4H3. The molecule has 2 rings (SSSR count). The third-order valence-electron chi connectivity index (χ3n) is 3.49. The largest absolute Gasteiger partial charge is 0.216 e. The van der Waals surface area contributed by atoms with Crippen LogP contribution in [0.2, 0.25) is 0 Å². The van der Waals surface area contributed by atoms with Crippen molar-refractivity contribution in [3.8, 4) is 11.8 Å². The fourth-order valence-electron chi connectivity index (χ4n) is 2.40. The Hall–Kier alpha value is -2.15. The van der Waals surface area contributed by atoms with Crippen molar-refractivity contribution < 1.29 is 0 Å². The highest BCUT2D eigenvalue weighted by Gasteiger charge is 2.26. The molecule has 0 radical (unpaired) electrons. The number of hydrogen-bond acceptors (Lipinski definition) is 3. The van der Waals surface area contributed by atoms with Crippen LogP contribution >= 0.6 is 0 Å². The molecule has 0 atom stereocenters. The number of hydrogen-bond donors (Lipinski definition) is 0. The zero-order valence-electron chi connectivity index (χ0n) is 13.2. The maximum atomic E-state index is 9.22. The van der Waals surface area contributed by atoms with Gasteiger partial charge in [-0.1, -0.05) is 51.5 Å². The van der Waals surface area contributed by atoms with E-state index in [1.165, 1.54) is 18.4 Å². The van der Waals surface area contributed by atoms with Crippen LogP contribution < -0.4 is 0 Å². The van der Waals surface area contributed by atoms with Crippen molar-refractivity contribution >= 4 is 0 Å². The molecule has 1 aromatic carbocycles. The fourth-order valence-corrected chi connectivity index (χ4v) is 2.40. The van der Waals surface area contributed by atoms with Crippen molar-refractivity contribution in [3.63, 3.8) is 0 Å². The number of nitrogens with zero attached hydrogens (tertiary/aromatic N) is 4. The van der Waals surface area contributed by atoms with Crippen molar-refractivity contribution in [1.82, 2.24) is 15.0 Å². The lowest BCUT2D eigenvalue weighted by Gasteiger charge is -2.19. The average molecular weight is 282 g/mol. The first kappa shape index (κ1) is 15.2. The molecule has 4 nitrogen and oxygen atoms in total. The minimum Gasteiger partial charge on any atom is -0.216 e. The van der Waals surface area contributed by atoms with Gasteiger partial charge in [-0.15, -0.1) is 5.10 Å². The van der Waals surface area contributed by atoms with Gasteiger partial charge in [0.1, 0.15) is 6.07 Å². The van der Waals surface area contributed by atoms with Crippen LogP contribution in [0.1, 0.15) is 57.5 Å². The van der Waals surface area contributed by atoms with Gasteiger partial charge >= 0.3 is 0 Å². The summed E-state index contributed by atoms with van der Waals surface area (Å²) in [6.45, 7) is 8.40. The maximum Gasteiger partial charge on any atom is 0.186 e. The number of benzene rings is 1. The van der Waals surface area contributed by atoms with E-state index in [-0.39, 0.29) is 5.41 Å². The number of aromatic nitrogens is 3. The van der Waals surface area contributed by atoms with Crippen LogP contribution in [0.25, 0.3) is 5.69 Å². The second kappa shape index (κ2) is 6.09. The summed E-state index contributed by atoms with van der Waals surface area (Å²) in [6.07, 6.45) is 3.50. The number of nitriles is 1. The maximum absolute atomic E-state index is 9.22. The molecule has 0 amide bonds. The van der Waals surface area contributed by atoms with Crippen molar-refractivity contribution in [2.45, 2.75) is 52.4 Å². The molecule has 0 spiro atoms. The molecular weight excluding hydrogens is 260 g/mol. The van der Waals surface area contributed by atoms with Crippen molar-refractivity contribution in [2.75, 3.05) is 0 Å². The normalized spacial score (nSPS) is 11.4. The molecule has 0 saturated heterocycles. The second-order valence-corrected chi connectivity index (χ2v) is 6.33. The van der Waals surface area contributed by atoms with Crippen LogP contribution in [0.5, 0.6) is 0 Å². The summed E-state index contributed by atoms with van der Waals surface area (Å²) in [6, 6.07) is 10.5. The van der Waals surface area contributed by atoms with Crippen molar-refractivity contribution in [2.24, 2.45) is 0 Å². The van der Waals surface area contributed by atoms with Crippen LogP contribution in [0.15, 0.2) is 24.3 Å². The van der Waals surface area contributed by atoms with Gasteiger partial charge in [0, 0.05) is 5.41 Å². The molecule has 4 heteroatoms. The summed E-state index contributed by atoms with van der Waals surface area (Å²) in [5, 5.41) is 17.4. The smallest absolute Gasteiger partial charge is 0.186 e. The monoisotopic (exact) mass is 282 g/mol. The van der Waals surface area contributed by atoms with E-state index in [2.05, 4.69) is 68.3 Å². The highest BCUT2D eigenvalue weighted by molar-refractivity contribution is 5.40. The minimum absolute atomic E-state index is 0.185. The van der Waals surface area contributed by atoms with E-state index in [9.17, 15) is 5.26 Å². The van der Waals surface area contributed by atoms with Gasteiger partial charge in [0.2, 0.25) is 0 Å². The zero-order chi connectivity index (χ0) is 15.5. The summed E-state index contributed by atoms with van der Waals surface area (Å²) < 4.78 is 1.78. The molecule has 110 valence electrons. The topological polar surface area (TPSA) is 54.5 Å². The van der Waals surface area contributed by atoms with Crippen LogP contribution in [-0.2, 0) is 11.8 Å². The molecule has 0 aliphatic rings. The summed E-state index contributed by atoms with van der Waals surface area (Å²) in [4.78, 5) is 0. The van der Waals surface area contributed by atoms with Crippen LogP contribution in [0.4, 0.5) is 0 Å². The van der Waals surface area contributed by atoms with Gasteiger partial charge in [-0.05, 0) is 30.5 Å². The first-order valence-corrected chi connectivity index (χ1v) is 7.43. The summed E-state index contributed by atoms with van der Waals surface area (Å²) in [5.74, 6) is 0. The lowest BCUT2D eigenvalue weighted by atomic mass is 9.90. The first-order chi connectivity index (χ1) is 9.97. The molecule has 2 aromatic rings. The lowest BCUT2D eigenvalue weighted by molar-refractivity contribution is 0.541. The Labute approximate surface area is 126 Å². The number of unbranched alkanes of at least 4 members (excludes halogenated alkanes) is 1. The Kier molecular flexibility index (Phi) is 4.42. The molecule has 1 heterocycles. The Balaban J connectivity index is 2.39. The molecule has 0 saturated carbocycles. The molecule has 0 bridgehead atoms. The van der Waals surface area contributed by atoms with E-state index >= 15 is 0 Å². The summed E-state index contributed by atoms with van der Waals surface area (Å²) in [7, 11) is 0. The molecule has 0 N–H and O–H groups in total. The molecule has 0 aliphatic heterocycles. The highest BCUT2D eigenvalue weighted by Crippen LogP contribution is 2.26. The highest BCUT2D eigenvalue weighted by atomic mass is 15.4. The molecule has 0 fully saturated rings. The van der Waals surface area contributed by atoms with Crippen molar-refractivity contribution in [3.05, 3.63) is 41.2 Å². The number of aryl methyl sites for hydroxylation is 1. The van der Waals surface area contributed by atoms with Gasteiger partial charge in [0.25, 0.3) is 0 Å². The molecule has 0 unspecified atom stereocenters. The van der Waals surface area contributed by atoms with Gasteiger partial charge in [0.15, 0.2) is 5.69 Å². The van der Waals surface area contributed by atoms with Gasteiger partial charge in [-0.25, -0.2) is 4.68 Å². The Morgan fingerprint density at radius 3 is 2.38 bits per heavy atom. The molecule has 0 aliphatic carbocycles. The van der Waals surface area contributed by atoms with Gasteiger partial charge in [0.05, 0.1) is 11.4 Å². The minimum atomic E-state index is -0.185. The molecule has 1 aromatic heterocycles. The van der Waals surface area contributed by atoms with Crippen LogP contribution in [-0.4, -0.2) is 15.0 Å². The van der Waals surface area contributed by atoms with Crippen LogP contribution in [0, 0.1) is 11.3 Å².